The molecule has 2 saturated heterocycles. The number of nitro benzene ring substituents is 1. The number of carbonyl (C=O) groups is 2. The molecular formula is C37H38N8O5. The van der Waals surface area contributed by atoms with Crippen molar-refractivity contribution >= 4 is 34.2 Å². The summed E-state index contributed by atoms with van der Waals surface area (Å²) in [6, 6.07) is 23.6. The molecule has 3 aromatic carbocycles. The first kappa shape index (κ1) is 32.8. The molecule has 50 heavy (non-hydrogen) atoms. The van der Waals surface area contributed by atoms with E-state index in [1.54, 1.807) is 6.07 Å². The monoisotopic (exact) mass is 674 g/mol. The van der Waals surface area contributed by atoms with Gasteiger partial charge in [-0.05, 0) is 55.9 Å². The van der Waals surface area contributed by atoms with Crippen LogP contribution in [0.4, 0.5) is 16.2 Å². The summed E-state index contributed by atoms with van der Waals surface area (Å²) in [4.78, 5) is 43.9. The number of likely N-dealkylation sites (tertiary alicyclic amines) is 1. The van der Waals surface area contributed by atoms with Gasteiger partial charge in [0.2, 0.25) is 5.91 Å². The third kappa shape index (κ3) is 6.90. The molecule has 2 aliphatic heterocycles. The molecule has 1 spiro atoms. The molecule has 4 heterocycles. The minimum absolute atomic E-state index is 0.0628. The van der Waals surface area contributed by atoms with Gasteiger partial charge in [-0.1, -0.05) is 65.9 Å². The fourth-order valence-corrected chi connectivity index (χ4v) is 7.12. The maximum atomic E-state index is 13.8. The molecule has 2 N–H and O–H groups in total. The molecule has 1 atom stereocenters. The largest absolute Gasteiger partial charge is 0.375 e. The highest BCUT2D eigenvalue weighted by molar-refractivity contribution is 5.92. The zero-order valence-electron chi connectivity index (χ0n) is 27.7. The summed E-state index contributed by atoms with van der Waals surface area (Å²) in [6.45, 7) is 3.98. The Bertz CT molecular complexity index is 2040. The Kier molecular flexibility index (Phi) is 9.22. The highest BCUT2D eigenvalue weighted by atomic mass is 16.6. The van der Waals surface area contributed by atoms with Gasteiger partial charge in [-0.15, -0.1) is 5.10 Å². The number of nitrogens with one attached hydrogen (secondary N) is 2. The van der Waals surface area contributed by atoms with Crippen LogP contribution in [-0.4, -0.2) is 67.0 Å². The van der Waals surface area contributed by atoms with Gasteiger partial charge in [0.1, 0.15) is 11.4 Å². The maximum absolute atomic E-state index is 13.8. The van der Waals surface area contributed by atoms with Gasteiger partial charge < -0.3 is 20.3 Å². The summed E-state index contributed by atoms with van der Waals surface area (Å²) >= 11 is 0. The van der Waals surface area contributed by atoms with E-state index in [0.29, 0.717) is 25.4 Å². The summed E-state index contributed by atoms with van der Waals surface area (Å²) in [7, 11) is 0. The van der Waals surface area contributed by atoms with Crippen molar-refractivity contribution in [2.45, 2.75) is 57.2 Å². The number of aryl methyl sites for hydroxylation is 1. The van der Waals surface area contributed by atoms with Crippen molar-refractivity contribution in [2.24, 2.45) is 0 Å². The van der Waals surface area contributed by atoms with Crippen molar-refractivity contribution in [3.63, 3.8) is 0 Å². The van der Waals surface area contributed by atoms with Crippen molar-refractivity contribution < 1.29 is 19.2 Å². The van der Waals surface area contributed by atoms with Crippen LogP contribution in [-0.2, 0) is 22.5 Å². The third-order valence-electron chi connectivity index (χ3n) is 9.86. The molecule has 0 aliphatic carbocycles. The van der Waals surface area contributed by atoms with Crippen LogP contribution in [0, 0.1) is 17.0 Å². The Morgan fingerprint density at radius 1 is 1.02 bits per heavy atom. The molecule has 13 nitrogen and oxygen atoms in total. The van der Waals surface area contributed by atoms with Crippen molar-refractivity contribution in [1.82, 2.24) is 30.2 Å². The lowest BCUT2D eigenvalue weighted by Crippen LogP contribution is -2.51. The van der Waals surface area contributed by atoms with E-state index in [2.05, 4.69) is 33.9 Å². The van der Waals surface area contributed by atoms with Gasteiger partial charge in [0, 0.05) is 36.7 Å². The number of amides is 3. The molecule has 0 saturated carbocycles. The van der Waals surface area contributed by atoms with E-state index in [1.807, 2.05) is 64.3 Å². The summed E-state index contributed by atoms with van der Waals surface area (Å²) in [6.07, 6.45) is 5.07. The van der Waals surface area contributed by atoms with Gasteiger partial charge in [0.25, 0.3) is 5.69 Å². The van der Waals surface area contributed by atoms with Gasteiger partial charge in [0.15, 0.2) is 0 Å². The Hall–Kier alpha value is -5.69. The number of rotatable bonds is 8. The fourth-order valence-electron chi connectivity index (χ4n) is 7.12. The summed E-state index contributed by atoms with van der Waals surface area (Å²) in [5, 5.41) is 26.1. The molecule has 7 rings (SSSR count). The second-order valence-corrected chi connectivity index (χ2v) is 13.0. The second-order valence-electron chi connectivity index (χ2n) is 13.0. The first-order valence-corrected chi connectivity index (χ1v) is 16.8. The van der Waals surface area contributed by atoms with Crippen LogP contribution in [0.15, 0.2) is 85.1 Å². The van der Waals surface area contributed by atoms with Crippen molar-refractivity contribution in [3.05, 3.63) is 112 Å². The first-order chi connectivity index (χ1) is 24.3. The van der Waals surface area contributed by atoms with Gasteiger partial charge >= 0.3 is 6.03 Å². The molecule has 0 bridgehead atoms. The third-order valence-corrected chi connectivity index (χ3v) is 9.86. The standard InChI is InChI=1S/C37H38N8O5/c1-25-29-11-5-6-12-31(29)39-35(26-9-3-2-4-10-26)30(25)21-34(46)43-18-16-37(17-19-43)22-28(15-20-50-37)44-24-27(41-42-44)23-38-36(47)40-32-13-7-8-14-33(32)45(48)49/h2-14,24,28H,15-23H2,1H3,(H2,38,40,47). The minimum atomic E-state index is -0.580. The van der Waals surface area contributed by atoms with Crippen molar-refractivity contribution in [3.8, 4) is 11.3 Å². The number of ether oxygens (including phenoxy) is 1. The van der Waals surface area contributed by atoms with Crippen LogP contribution in [0.5, 0.6) is 0 Å². The number of aromatic nitrogens is 4. The molecule has 0 radical (unpaired) electrons. The average Bonchev–Trinajstić information content (AvgIpc) is 3.62. The van der Waals surface area contributed by atoms with E-state index in [1.165, 1.54) is 18.2 Å². The highest BCUT2D eigenvalue weighted by Gasteiger charge is 2.42. The number of carbonyl (C=O) groups excluding carboxylic acids is 2. The quantitative estimate of drug-likeness (QED) is 0.150. The van der Waals surface area contributed by atoms with E-state index >= 15 is 0 Å². The van der Waals surface area contributed by atoms with Crippen LogP contribution in [0.25, 0.3) is 22.2 Å². The second kappa shape index (κ2) is 14.0. The van der Waals surface area contributed by atoms with Gasteiger partial charge in [-0.25, -0.2) is 14.5 Å². The summed E-state index contributed by atoms with van der Waals surface area (Å²) in [5.41, 5.74) is 4.94. The smallest absolute Gasteiger partial charge is 0.319 e. The van der Waals surface area contributed by atoms with Crippen LogP contribution in [0.1, 0.15) is 48.5 Å². The lowest BCUT2D eigenvalue weighted by atomic mass is 9.82. The molecule has 1 unspecified atom stereocenters. The van der Waals surface area contributed by atoms with Gasteiger partial charge in [-0.3, -0.25) is 14.9 Å². The Balaban J connectivity index is 0.966. The lowest BCUT2D eigenvalue weighted by Gasteiger charge is -2.46. The fraction of sp³-hybridized carbons (Fsp3) is 0.324. The van der Waals surface area contributed by atoms with E-state index in [-0.39, 0.29) is 41.9 Å². The number of pyridine rings is 1. The van der Waals surface area contributed by atoms with Gasteiger partial charge in [0.05, 0.1) is 46.9 Å². The number of para-hydroxylation sites is 3. The molecule has 256 valence electrons. The molecule has 2 aromatic heterocycles. The average molecular weight is 675 g/mol. The zero-order chi connectivity index (χ0) is 34.7. The lowest BCUT2D eigenvalue weighted by molar-refractivity contribution is -0.383. The van der Waals surface area contributed by atoms with Crippen molar-refractivity contribution in [2.75, 3.05) is 25.0 Å². The van der Waals surface area contributed by atoms with E-state index in [0.717, 1.165) is 59.0 Å². The molecule has 5 aromatic rings. The number of hydrogen-bond acceptors (Lipinski definition) is 8. The van der Waals surface area contributed by atoms with E-state index < -0.39 is 11.0 Å². The van der Waals surface area contributed by atoms with E-state index in [4.69, 9.17) is 9.72 Å². The molecule has 2 aliphatic rings. The molecule has 2 fully saturated rings. The highest BCUT2D eigenvalue weighted by Crippen LogP contribution is 2.40. The SMILES string of the molecule is Cc1c(CC(=O)N2CCC3(CC2)CC(n2cc(CNC(=O)Nc4ccccc4[N+](=O)[O-])nn2)CCO3)c(-c2ccccc2)nc2ccccc12. The Morgan fingerprint density at radius 3 is 2.56 bits per heavy atom. The summed E-state index contributed by atoms with van der Waals surface area (Å²) < 4.78 is 8.23. The first-order valence-electron chi connectivity index (χ1n) is 16.8. The molecular weight excluding hydrogens is 636 g/mol. The van der Waals surface area contributed by atoms with Crippen LogP contribution < -0.4 is 10.6 Å². The number of nitro groups is 1. The Morgan fingerprint density at radius 2 is 1.76 bits per heavy atom. The molecule has 13 heteroatoms. The predicted molar refractivity (Wildman–Crippen MR) is 187 cm³/mol. The number of nitrogens with zero attached hydrogens (tertiary/aromatic N) is 6. The maximum Gasteiger partial charge on any atom is 0.319 e. The predicted octanol–water partition coefficient (Wildman–Crippen LogP) is 5.99. The van der Waals surface area contributed by atoms with Crippen LogP contribution >= 0.6 is 0 Å². The Labute approximate surface area is 288 Å². The van der Waals surface area contributed by atoms with Crippen LogP contribution in [0.2, 0.25) is 0 Å². The molecule has 3 amide bonds. The summed E-state index contributed by atoms with van der Waals surface area (Å²) in [5.74, 6) is 0.0869. The number of urea groups is 1. The number of benzene rings is 3. The number of piperidine rings is 1. The van der Waals surface area contributed by atoms with Gasteiger partial charge in [-0.2, -0.15) is 0 Å². The van der Waals surface area contributed by atoms with Crippen LogP contribution in [0.3, 0.4) is 0 Å². The van der Waals surface area contributed by atoms with Crippen molar-refractivity contribution in [1.29, 1.82) is 0 Å². The zero-order valence-corrected chi connectivity index (χ0v) is 27.7. The minimum Gasteiger partial charge on any atom is -0.375 e. The topological polar surface area (TPSA) is 157 Å². The normalized spacial score (nSPS) is 17.1. The number of anilines is 1. The number of hydrogen-bond donors (Lipinski definition) is 2. The number of fused-ring (bicyclic) bond motifs is 1. The van der Waals surface area contributed by atoms with E-state index in [9.17, 15) is 19.7 Å².